The van der Waals surface area contributed by atoms with Crippen LogP contribution in [-0.2, 0) is 18.9 Å². The Kier molecular flexibility index (Phi) is 11.9. The summed E-state index contributed by atoms with van der Waals surface area (Å²) in [4.78, 5) is 0. The van der Waals surface area contributed by atoms with Gasteiger partial charge >= 0.3 is 0 Å². The van der Waals surface area contributed by atoms with Gasteiger partial charge in [-0.05, 0) is 35.3 Å². The maximum atomic E-state index is 5.88. The highest BCUT2D eigenvalue weighted by atomic mass is 31.1. The van der Waals surface area contributed by atoms with E-state index in [1.807, 2.05) is 0 Å². The zero-order chi connectivity index (χ0) is 20.7. The van der Waals surface area contributed by atoms with E-state index in [9.17, 15) is 0 Å². The van der Waals surface area contributed by atoms with Crippen LogP contribution >= 0.6 is 15.8 Å². The van der Waals surface area contributed by atoms with Gasteiger partial charge in [0.15, 0.2) is 0 Å². The topological polar surface area (TPSA) is 36.9 Å². The average Bonchev–Trinajstić information content (AvgIpc) is 2.80. The van der Waals surface area contributed by atoms with Crippen molar-refractivity contribution in [3.8, 4) is 0 Å². The predicted molar refractivity (Wildman–Crippen MR) is 129 cm³/mol. The van der Waals surface area contributed by atoms with Crippen molar-refractivity contribution in [2.45, 2.75) is 0 Å². The lowest BCUT2D eigenvalue weighted by Crippen LogP contribution is -2.17. The van der Waals surface area contributed by atoms with Crippen molar-refractivity contribution in [3.63, 3.8) is 0 Å². The highest BCUT2D eigenvalue weighted by Gasteiger charge is 2.16. The monoisotopic (exact) mass is 448 g/mol. The SMILES string of the molecule is c1ccc(P2CCOCCOCCOCCOCCP(c3ccccc3)CC2)cc1. The number of benzene rings is 2. The number of hydrogen-bond donors (Lipinski definition) is 0. The molecule has 1 saturated heterocycles. The first kappa shape index (κ1) is 23.8. The summed E-state index contributed by atoms with van der Waals surface area (Å²) >= 11 is 0. The number of ether oxygens (including phenoxy) is 4. The van der Waals surface area contributed by atoms with Gasteiger partial charge in [0.25, 0.3) is 0 Å². The van der Waals surface area contributed by atoms with Gasteiger partial charge in [0.1, 0.15) is 0 Å². The Morgan fingerprint density at radius 1 is 0.400 bits per heavy atom. The summed E-state index contributed by atoms with van der Waals surface area (Å²) in [5, 5.41) is 2.97. The lowest BCUT2D eigenvalue weighted by molar-refractivity contribution is 0.00135. The van der Waals surface area contributed by atoms with Crippen LogP contribution in [0.1, 0.15) is 0 Å². The molecule has 6 heteroatoms. The van der Waals surface area contributed by atoms with Gasteiger partial charge in [-0.1, -0.05) is 76.5 Å². The van der Waals surface area contributed by atoms with E-state index in [2.05, 4.69) is 60.7 Å². The normalized spacial score (nSPS) is 23.9. The Bertz CT molecular complexity index is 612. The molecule has 1 aliphatic heterocycles. The van der Waals surface area contributed by atoms with Crippen LogP contribution in [0.5, 0.6) is 0 Å². The summed E-state index contributed by atoms with van der Waals surface area (Å²) in [5.41, 5.74) is 0. The molecular weight excluding hydrogens is 414 g/mol. The maximum Gasteiger partial charge on any atom is 0.0701 e. The summed E-state index contributed by atoms with van der Waals surface area (Å²) in [5.74, 6) is 0. The number of hydrogen-bond acceptors (Lipinski definition) is 4. The minimum Gasteiger partial charge on any atom is -0.379 e. The van der Waals surface area contributed by atoms with E-state index in [1.165, 1.54) is 22.9 Å². The van der Waals surface area contributed by atoms with E-state index < -0.39 is 0 Å². The van der Waals surface area contributed by atoms with E-state index in [4.69, 9.17) is 18.9 Å². The fourth-order valence-corrected chi connectivity index (χ4v) is 8.67. The van der Waals surface area contributed by atoms with Crippen LogP contribution in [-0.4, -0.2) is 77.5 Å². The van der Waals surface area contributed by atoms with Gasteiger partial charge in [-0.2, -0.15) is 0 Å². The molecule has 2 aromatic carbocycles. The van der Waals surface area contributed by atoms with Crippen molar-refractivity contribution in [3.05, 3.63) is 60.7 Å². The molecule has 164 valence electrons. The molecule has 4 nitrogen and oxygen atoms in total. The van der Waals surface area contributed by atoms with E-state index >= 15 is 0 Å². The first-order chi connectivity index (χ1) is 14.9. The highest BCUT2D eigenvalue weighted by molar-refractivity contribution is 7.69. The third-order valence-corrected chi connectivity index (χ3v) is 10.4. The third-order valence-electron chi connectivity index (χ3n) is 5.01. The number of rotatable bonds is 2. The molecule has 0 amide bonds. The zero-order valence-corrected chi connectivity index (χ0v) is 19.6. The van der Waals surface area contributed by atoms with E-state index in [0.717, 1.165) is 25.5 Å². The molecule has 0 radical (unpaired) electrons. The second-order valence-corrected chi connectivity index (χ2v) is 12.1. The minimum absolute atomic E-state index is 0.224. The quantitative estimate of drug-likeness (QED) is 0.657. The summed E-state index contributed by atoms with van der Waals surface area (Å²) < 4.78 is 22.9. The lowest BCUT2D eigenvalue weighted by atomic mass is 10.4. The van der Waals surface area contributed by atoms with Crippen LogP contribution in [0.2, 0.25) is 0 Å². The van der Waals surface area contributed by atoms with Crippen LogP contribution in [0.25, 0.3) is 0 Å². The van der Waals surface area contributed by atoms with Gasteiger partial charge < -0.3 is 18.9 Å². The van der Waals surface area contributed by atoms with Gasteiger partial charge in [0.2, 0.25) is 0 Å². The lowest BCUT2D eigenvalue weighted by Gasteiger charge is -2.23. The smallest absolute Gasteiger partial charge is 0.0701 e. The fourth-order valence-electron chi connectivity index (χ4n) is 3.37. The molecule has 2 aromatic rings. The van der Waals surface area contributed by atoms with Gasteiger partial charge in [-0.15, -0.1) is 0 Å². The summed E-state index contributed by atoms with van der Waals surface area (Å²) in [6, 6.07) is 22.0. The van der Waals surface area contributed by atoms with Gasteiger partial charge in [-0.3, -0.25) is 0 Å². The molecule has 2 unspecified atom stereocenters. The average molecular weight is 448 g/mol. The predicted octanol–water partition coefficient (Wildman–Crippen LogP) is 3.68. The van der Waals surface area contributed by atoms with Crippen molar-refractivity contribution >= 4 is 26.5 Å². The van der Waals surface area contributed by atoms with Crippen molar-refractivity contribution < 1.29 is 18.9 Å². The Balaban J connectivity index is 1.64. The Morgan fingerprint density at radius 2 is 0.733 bits per heavy atom. The molecule has 1 fully saturated rings. The van der Waals surface area contributed by atoms with Crippen LogP contribution < -0.4 is 10.6 Å². The standard InChI is InChI=1S/C24H34O4P2/c1-3-7-23(8-4-1)29-19-17-27-15-13-25-11-12-26-14-16-28-18-20-30(22-21-29)24-9-5-2-6-10-24/h1-10H,11-22H2. The molecule has 1 heterocycles. The molecule has 0 bridgehead atoms. The summed E-state index contributed by atoms with van der Waals surface area (Å²) in [7, 11) is -0.448. The Morgan fingerprint density at radius 3 is 1.10 bits per heavy atom. The van der Waals surface area contributed by atoms with Crippen molar-refractivity contribution in [2.75, 3.05) is 77.5 Å². The first-order valence-corrected chi connectivity index (χ1v) is 14.3. The van der Waals surface area contributed by atoms with Crippen LogP contribution in [0, 0.1) is 0 Å². The van der Waals surface area contributed by atoms with Gasteiger partial charge in [0.05, 0.1) is 52.9 Å². The zero-order valence-electron chi connectivity index (χ0n) is 17.8. The Labute approximate surface area is 183 Å². The largest absolute Gasteiger partial charge is 0.379 e. The molecule has 0 aromatic heterocycles. The maximum absolute atomic E-state index is 5.88. The van der Waals surface area contributed by atoms with Gasteiger partial charge in [0, 0.05) is 0 Å². The second-order valence-electron chi connectivity index (χ2n) is 7.09. The molecule has 0 N–H and O–H groups in total. The Hall–Kier alpha value is -0.860. The summed E-state index contributed by atoms with van der Waals surface area (Å²) in [6.07, 6.45) is 4.69. The molecule has 0 aliphatic carbocycles. The van der Waals surface area contributed by atoms with Crippen molar-refractivity contribution in [2.24, 2.45) is 0 Å². The van der Waals surface area contributed by atoms with Gasteiger partial charge in [-0.25, -0.2) is 0 Å². The summed E-state index contributed by atoms with van der Waals surface area (Å²) in [6.45, 7) is 5.37. The molecular formula is C24H34O4P2. The molecule has 1 aliphatic rings. The van der Waals surface area contributed by atoms with Crippen LogP contribution in [0.15, 0.2) is 60.7 Å². The molecule has 0 saturated carbocycles. The van der Waals surface area contributed by atoms with E-state index in [1.54, 1.807) is 0 Å². The highest BCUT2D eigenvalue weighted by Crippen LogP contribution is 2.41. The van der Waals surface area contributed by atoms with Crippen LogP contribution in [0.4, 0.5) is 0 Å². The van der Waals surface area contributed by atoms with Crippen molar-refractivity contribution in [1.82, 2.24) is 0 Å². The first-order valence-electron chi connectivity index (χ1n) is 10.8. The molecule has 3 rings (SSSR count). The van der Waals surface area contributed by atoms with E-state index in [-0.39, 0.29) is 15.8 Å². The van der Waals surface area contributed by atoms with Crippen molar-refractivity contribution in [1.29, 1.82) is 0 Å². The van der Waals surface area contributed by atoms with Crippen LogP contribution in [0.3, 0.4) is 0 Å². The third kappa shape index (κ3) is 9.10. The van der Waals surface area contributed by atoms with E-state index in [0.29, 0.717) is 39.6 Å². The molecule has 2 atom stereocenters. The molecule has 0 spiro atoms. The minimum atomic E-state index is -0.224. The fraction of sp³-hybridized carbons (Fsp3) is 0.500. The second kappa shape index (κ2) is 15.0. The molecule has 30 heavy (non-hydrogen) atoms.